The number of hydrogen-bond acceptors (Lipinski definition) is 8. The number of fused-ring (bicyclic) bond motifs is 1. The molecule has 4 rings (SSSR count). The molecule has 0 N–H and O–H groups in total. The third-order valence-electron chi connectivity index (χ3n) is 3.20. The van der Waals surface area contributed by atoms with Gasteiger partial charge >= 0.3 is 5.97 Å². The van der Waals surface area contributed by atoms with Gasteiger partial charge in [0, 0.05) is 0 Å². The Kier molecular flexibility index (Phi) is 3.83. The molecule has 0 unspecified atom stereocenters. The van der Waals surface area contributed by atoms with Gasteiger partial charge in [-0.15, -0.1) is 11.3 Å². The van der Waals surface area contributed by atoms with E-state index in [9.17, 15) is 4.79 Å². The van der Waals surface area contributed by atoms with Crippen molar-refractivity contribution in [2.75, 3.05) is 6.79 Å². The Morgan fingerprint density at radius 2 is 2.29 bits per heavy atom. The number of carbonyl (C=O) groups excluding carboxylic acids is 1. The van der Waals surface area contributed by atoms with E-state index >= 15 is 0 Å². The SMILES string of the molecule is O=C(OCc1nc(-c2cccs2)no1)c1cc(Cl)c2c(c1)OCO2. The summed E-state index contributed by atoms with van der Waals surface area (Å²) in [7, 11) is 0. The molecule has 0 saturated heterocycles. The van der Waals surface area contributed by atoms with Crippen molar-refractivity contribution < 1.29 is 23.5 Å². The number of esters is 1. The van der Waals surface area contributed by atoms with Crippen LogP contribution in [-0.4, -0.2) is 22.9 Å². The fraction of sp³-hybridized carbons (Fsp3) is 0.133. The van der Waals surface area contributed by atoms with Crippen LogP contribution in [0.5, 0.6) is 11.5 Å². The molecule has 122 valence electrons. The summed E-state index contributed by atoms with van der Waals surface area (Å²) in [5.41, 5.74) is 0.252. The quantitative estimate of drug-likeness (QED) is 0.654. The molecule has 1 aromatic carbocycles. The largest absolute Gasteiger partial charge is 0.454 e. The molecule has 0 saturated carbocycles. The lowest BCUT2D eigenvalue weighted by atomic mass is 10.2. The van der Waals surface area contributed by atoms with Crippen molar-refractivity contribution in [2.45, 2.75) is 6.61 Å². The van der Waals surface area contributed by atoms with Gasteiger partial charge < -0.3 is 18.7 Å². The van der Waals surface area contributed by atoms with E-state index in [4.69, 9.17) is 30.3 Å². The van der Waals surface area contributed by atoms with Gasteiger partial charge in [0.05, 0.1) is 15.5 Å². The average molecular weight is 365 g/mol. The van der Waals surface area contributed by atoms with Gasteiger partial charge in [-0.3, -0.25) is 0 Å². The summed E-state index contributed by atoms with van der Waals surface area (Å²) in [5, 5.41) is 6.04. The van der Waals surface area contributed by atoms with Gasteiger partial charge in [0.15, 0.2) is 18.1 Å². The fourth-order valence-electron chi connectivity index (χ4n) is 2.12. The van der Waals surface area contributed by atoms with Crippen LogP contribution in [0.25, 0.3) is 10.7 Å². The van der Waals surface area contributed by atoms with Crippen LogP contribution in [0.15, 0.2) is 34.2 Å². The second-order valence-electron chi connectivity index (χ2n) is 4.76. The molecule has 7 nitrogen and oxygen atoms in total. The summed E-state index contributed by atoms with van der Waals surface area (Å²) >= 11 is 7.53. The Hall–Kier alpha value is -2.58. The maximum Gasteiger partial charge on any atom is 0.338 e. The Labute approximate surface area is 144 Å². The average Bonchev–Trinajstić information content (AvgIpc) is 3.31. The van der Waals surface area contributed by atoms with E-state index in [0.29, 0.717) is 17.3 Å². The fourth-order valence-corrected chi connectivity index (χ4v) is 3.03. The lowest BCUT2D eigenvalue weighted by molar-refractivity contribution is 0.0429. The lowest BCUT2D eigenvalue weighted by Crippen LogP contribution is -2.05. The number of carbonyl (C=O) groups is 1. The third-order valence-corrected chi connectivity index (χ3v) is 4.35. The van der Waals surface area contributed by atoms with Crippen LogP contribution >= 0.6 is 22.9 Å². The number of aromatic nitrogens is 2. The first-order valence-electron chi connectivity index (χ1n) is 6.83. The monoisotopic (exact) mass is 364 g/mol. The van der Waals surface area contributed by atoms with Crippen molar-refractivity contribution in [2.24, 2.45) is 0 Å². The van der Waals surface area contributed by atoms with E-state index in [-0.39, 0.29) is 29.9 Å². The second-order valence-corrected chi connectivity index (χ2v) is 6.11. The van der Waals surface area contributed by atoms with E-state index in [0.717, 1.165) is 4.88 Å². The molecule has 3 heterocycles. The molecule has 24 heavy (non-hydrogen) atoms. The first-order valence-corrected chi connectivity index (χ1v) is 8.09. The van der Waals surface area contributed by atoms with Crippen LogP contribution in [-0.2, 0) is 11.3 Å². The van der Waals surface area contributed by atoms with E-state index < -0.39 is 5.97 Å². The van der Waals surface area contributed by atoms with Crippen LogP contribution in [0.3, 0.4) is 0 Å². The molecule has 2 aromatic heterocycles. The summed E-state index contributed by atoms with van der Waals surface area (Å²) in [4.78, 5) is 17.2. The zero-order chi connectivity index (χ0) is 16.5. The van der Waals surface area contributed by atoms with E-state index in [2.05, 4.69) is 10.1 Å². The minimum absolute atomic E-state index is 0.0705. The number of halogens is 1. The molecule has 0 aliphatic carbocycles. The molecular weight excluding hydrogens is 356 g/mol. The molecule has 0 spiro atoms. The molecule has 0 atom stereocenters. The molecule has 0 amide bonds. The van der Waals surface area contributed by atoms with Crippen LogP contribution < -0.4 is 9.47 Å². The molecule has 0 bridgehead atoms. The van der Waals surface area contributed by atoms with Crippen LogP contribution in [0.2, 0.25) is 5.02 Å². The van der Waals surface area contributed by atoms with Gasteiger partial charge in [0.25, 0.3) is 5.89 Å². The molecular formula is C15H9ClN2O5S. The minimum Gasteiger partial charge on any atom is -0.454 e. The Balaban J connectivity index is 1.45. The Morgan fingerprint density at radius 1 is 1.38 bits per heavy atom. The zero-order valence-electron chi connectivity index (χ0n) is 12.0. The van der Waals surface area contributed by atoms with Crippen molar-refractivity contribution in [1.82, 2.24) is 10.1 Å². The molecule has 0 fully saturated rings. The highest BCUT2D eigenvalue weighted by Gasteiger charge is 2.22. The number of nitrogens with zero attached hydrogens (tertiary/aromatic N) is 2. The van der Waals surface area contributed by atoms with Gasteiger partial charge in [-0.1, -0.05) is 22.8 Å². The van der Waals surface area contributed by atoms with E-state index in [1.54, 1.807) is 0 Å². The highest BCUT2D eigenvalue weighted by Crippen LogP contribution is 2.39. The maximum absolute atomic E-state index is 12.1. The summed E-state index contributed by atoms with van der Waals surface area (Å²) in [5.74, 6) is 0.921. The van der Waals surface area contributed by atoms with Gasteiger partial charge in [-0.25, -0.2) is 4.79 Å². The van der Waals surface area contributed by atoms with Crippen molar-refractivity contribution in [1.29, 1.82) is 0 Å². The Morgan fingerprint density at radius 3 is 3.12 bits per heavy atom. The van der Waals surface area contributed by atoms with Gasteiger partial charge in [0.2, 0.25) is 12.6 Å². The summed E-state index contributed by atoms with van der Waals surface area (Å²) in [6.07, 6.45) is 0. The van der Waals surface area contributed by atoms with Crippen molar-refractivity contribution in [3.05, 3.63) is 46.1 Å². The highest BCUT2D eigenvalue weighted by atomic mass is 35.5. The smallest absolute Gasteiger partial charge is 0.338 e. The highest BCUT2D eigenvalue weighted by molar-refractivity contribution is 7.13. The second kappa shape index (κ2) is 6.14. The van der Waals surface area contributed by atoms with Gasteiger partial charge in [-0.05, 0) is 23.6 Å². The van der Waals surface area contributed by atoms with E-state index in [1.165, 1.54) is 23.5 Å². The predicted molar refractivity (Wildman–Crippen MR) is 84.3 cm³/mol. The summed E-state index contributed by atoms with van der Waals surface area (Å²) in [6.45, 7) is -0.0652. The first-order chi connectivity index (χ1) is 11.7. The van der Waals surface area contributed by atoms with Crippen LogP contribution in [0.4, 0.5) is 0 Å². The molecule has 0 radical (unpaired) electrons. The number of rotatable bonds is 4. The van der Waals surface area contributed by atoms with Gasteiger partial charge in [-0.2, -0.15) is 4.98 Å². The standard InChI is InChI=1S/C15H9ClN2O5S/c16-9-4-8(5-10-13(9)22-7-21-10)15(19)20-6-12-17-14(18-23-12)11-2-1-3-24-11/h1-5H,6-7H2. The Bertz CT molecular complexity index is 893. The summed E-state index contributed by atoms with van der Waals surface area (Å²) in [6, 6.07) is 6.74. The number of benzene rings is 1. The zero-order valence-corrected chi connectivity index (χ0v) is 13.6. The van der Waals surface area contributed by atoms with Crippen molar-refractivity contribution in [3.8, 4) is 22.2 Å². The summed E-state index contributed by atoms with van der Waals surface area (Å²) < 4.78 is 20.7. The topological polar surface area (TPSA) is 83.7 Å². The number of hydrogen-bond donors (Lipinski definition) is 0. The lowest BCUT2D eigenvalue weighted by Gasteiger charge is -2.04. The molecule has 1 aliphatic heterocycles. The third kappa shape index (κ3) is 2.81. The van der Waals surface area contributed by atoms with Gasteiger partial charge in [0.1, 0.15) is 0 Å². The number of ether oxygens (including phenoxy) is 3. The minimum atomic E-state index is -0.578. The molecule has 1 aliphatic rings. The molecule has 9 heteroatoms. The van der Waals surface area contributed by atoms with Crippen LogP contribution in [0.1, 0.15) is 16.2 Å². The predicted octanol–water partition coefficient (Wildman–Crippen LogP) is 3.54. The van der Waals surface area contributed by atoms with E-state index in [1.807, 2.05) is 17.5 Å². The van der Waals surface area contributed by atoms with Crippen LogP contribution in [0, 0.1) is 0 Å². The van der Waals surface area contributed by atoms with Crippen molar-refractivity contribution >= 4 is 28.9 Å². The first kappa shape index (κ1) is 15.0. The number of thiophene rings is 1. The maximum atomic E-state index is 12.1. The van der Waals surface area contributed by atoms with Crippen molar-refractivity contribution in [3.63, 3.8) is 0 Å². The molecule has 3 aromatic rings. The normalized spacial score (nSPS) is 12.4.